The molecular weight excluding hydrogens is 261 g/mol. The molecule has 0 aliphatic heterocycles. The van der Waals surface area contributed by atoms with Crippen LogP contribution in [-0.4, -0.2) is 25.1 Å². The van der Waals surface area contributed by atoms with Crippen molar-refractivity contribution in [3.63, 3.8) is 0 Å². The molecule has 0 aromatic heterocycles. The first kappa shape index (κ1) is 12.7. The van der Waals surface area contributed by atoms with Crippen LogP contribution in [0.25, 0.3) is 0 Å². The molecule has 1 fully saturated rings. The standard InChI is InChI=1S/C12H13Cl2NO2/c1-15(17-2)12(16)9-6-8(9)7-3-4-10(13)11(14)5-7/h3-5,8-9H,6H2,1-2H3. The predicted molar refractivity (Wildman–Crippen MR) is 67.1 cm³/mol. The van der Waals surface area contributed by atoms with Gasteiger partial charge in [-0.3, -0.25) is 9.63 Å². The van der Waals surface area contributed by atoms with Gasteiger partial charge in [0, 0.05) is 13.0 Å². The van der Waals surface area contributed by atoms with Gasteiger partial charge in [-0.25, -0.2) is 5.06 Å². The van der Waals surface area contributed by atoms with Crippen LogP contribution in [0.4, 0.5) is 0 Å². The fourth-order valence-corrected chi connectivity index (χ4v) is 2.21. The highest BCUT2D eigenvalue weighted by Crippen LogP contribution is 2.49. The van der Waals surface area contributed by atoms with Gasteiger partial charge in [-0.05, 0) is 30.0 Å². The molecule has 0 N–H and O–H groups in total. The van der Waals surface area contributed by atoms with Crippen LogP contribution >= 0.6 is 23.2 Å². The molecule has 92 valence electrons. The van der Waals surface area contributed by atoms with Crippen molar-refractivity contribution >= 4 is 29.1 Å². The number of carbonyl (C=O) groups excluding carboxylic acids is 1. The second kappa shape index (κ2) is 4.84. The quantitative estimate of drug-likeness (QED) is 0.792. The third-order valence-corrected chi connectivity index (χ3v) is 3.80. The molecule has 1 aliphatic rings. The van der Waals surface area contributed by atoms with Crippen molar-refractivity contribution in [2.24, 2.45) is 5.92 Å². The van der Waals surface area contributed by atoms with Gasteiger partial charge in [0.2, 0.25) is 5.91 Å². The van der Waals surface area contributed by atoms with Crippen molar-refractivity contribution in [3.8, 4) is 0 Å². The van der Waals surface area contributed by atoms with E-state index in [1.807, 2.05) is 12.1 Å². The number of benzene rings is 1. The molecule has 1 aromatic rings. The lowest BCUT2D eigenvalue weighted by molar-refractivity contribution is -0.170. The molecule has 17 heavy (non-hydrogen) atoms. The molecule has 2 rings (SSSR count). The van der Waals surface area contributed by atoms with E-state index in [2.05, 4.69) is 0 Å². The van der Waals surface area contributed by atoms with Crippen LogP contribution in [0.1, 0.15) is 17.9 Å². The minimum Gasteiger partial charge on any atom is -0.275 e. The minimum atomic E-state index is -0.00260. The van der Waals surface area contributed by atoms with Crippen molar-refractivity contribution in [1.82, 2.24) is 5.06 Å². The van der Waals surface area contributed by atoms with Gasteiger partial charge in [0.1, 0.15) is 0 Å². The Balaban J connectivity index is 2.07. The SMILES string of the molecule is CON(C)C(=O)C1CC1c1ccc(Cl)c(Cl)c1. The van der Waals surface area contributed by atoms with Gasteiger partial charge in [-0.2, -0.15) is 0 Å². The number of rotatable bonds is 3. The van der Waals surface area contributed by atoms with E-state index in [-0.39, 0.29) is 17.7 Å². The fourth-order valence-electron chi connectivity index (χ4n) is 1.90. The number of nitrogens with zero attached hydrogens (tertiary/aromatic N) is 1. The summed E-state index contributed by atoms with van der Waals surface area (Å²) >= 11 is 11.8. The number of hydrogen-bond acceptors (Lipinski definition) is 2. The Morgan fingerprint density at radius 2 is 2.12 bits per heavy atom. The van der Waals surface area contributed by atoms with Crippen LogP contribution in [0.5, 0.6) is 0 Å². The largest absolute Gasteiger partial charge is 0.275 e. The van der Waals surface area contributed by atoms with Gasteiger partial charge in [0.05, 0.1) is 17.2 Å². The Kier molecular flexibility index (Phi) is 3.61. The molecule has 1 amide bonds. The highest BCUT2D eigenvalue weighted by Gasteiger charge is 2.45. The van der Waals surface area contributed by atoms with E-state index >= 15 is 0 Å². The lowest BCUT2D eigenvalue weighted by Crippen LogP contribution is -2.27. The third kappa shape index (κ3) is 2.57. The maximum absolute atomic E-state index is 11.8. The fraction of sp³-hybridized carbons (Fsp3) is 0.417. The Hall–Kier alpha value is -0.770. The number of hydroxylamine groups is 2. The molecule has 2 unspecified atom stereocenters. The van der Waals surface area contributed by atoms with Crippen molar-refractivity contribution < 1.29 is 9.63 Å². The summed E-state index contributed by atoms with van der Waals surface area (Å²) < 4.78 is 0. The van der Waals surface area contributed by atoms with Crippen LogP contribution in [0.2, 0.25) is 10.0 Å². The molecule has 0 heterocycles. The molecule has 3 nitrogen and oxygen atoms in total. The maximum Gasteiger partial charge on any atom is 0.249 e. The number of halogens is 2. The molecule has 1 aromatic carbocycles. The average Bonchev–Trinajstić information content (AvgIpc) is 3.10. The molecule has 2 atom stereocenters. The summed E-state index contributed by atoms with van der Waals surface area (Å²) in [7, 11) is 3.10. The molecule has 1 saturated carbocycles. The van der Waals surface area contributed by atoms with E-state index in [1.165, 1.54) is 12.2 Å². The lowest BCUT2D eigenvalue weighted by atomic mass is 10.1. The molecule has 0 saturated heterocycles. The number of amides is 1. The Labute approximate surface area is 110 Å². The van der Waals surface area contributed by atoms with Gasteiger partial charge in [-0.1, -0.05) is 29.3 Å². The summed E-state index contributed by atoms with van der Waals surface area (Å²) in [5.74, 6) is 0.232. The zero-order chi connectivity index (χ0) is 12.6. The van der Waals surface area contributed by atoms with E-state index < -0.39 is 0 Å². The van der Waals surface area contributed by atoms with Crippen LogP contribution in [-0.2, 0) is 9.63 Å². The highest BCUT2D eigenvalue weighted by molar-refractivity contribution is 6.42. The van der Waals surface area contributed by atoms with Gasteiger partial charge < -0.3 is 0 Å². The normalized spacial score (nSPS) is 22.4. The van der Waals surface area contributed by atoms with Crippen LogP contribution < -0.4 is 0 Å². The number of hydrogen-bond donors (Lipinski definition) is 0. The Morgan fingerprint density at radius 1 is 1.41 bits per heavy atom. The summed E-state index contributed by atoms with van der Waals surface area (Å²) in [6.45, 7) is 0. The highest BCUT2D eigenvalue weighted by atomic mass is 35.5. The number of carbonyl (C=O) groups is 1. The van der Waals surface area contributed by atoms with E-state index in [9.17, 15) is 4.79 Å². The Morgan fingerprint density at radius 3 is 2.71 bits per heavy atom. The van der Waals surface area contributed by atoms with Gasteiger partial charge in [-0.15, -0.1) is 0 Å². The minimum absolute atomic E-state index is 0.00260. The van der Waals surface area contributed by atoms with Gasteiger partial charge in [0.25, 0.3) is 0 Å². The molecular formula is C12H13Cl2NO2. The first-order chi connectivity index (χ1) is 8.04. The van der Waals surface area contributed by atoms with E-state index in [0.29, 0.717) is 10.0 Å². The molecule has 0 radical (unpaired) electrons. The van der Waals surface area contributed by atoms with Crippen LogP contribution in [0, 0.1) is 5.92 Å². The van der Waals surface area contributed by atoms with E-state index in [4.69, 9.17) is 28.0 Å². The van der Waals surface area contributed by atoms with Crippen molar-refractivity contribution in [1.29, 1.82) is 0 Å². The third-order valence-electron chi connectivity index (χ3n) is 3.06. The summed E-state index contributed by atoms with van der Waals surface area (Å²) in [5, 5.41) is 2.33. The van der Waals surface area contributed by atoms with Gasteiger partial charge >= 0.3 is 0 Å². The monoisotopic (exact) mass is 273 g/mol. The lowest BCUT2D eigenvalue weighted by Gasteiger charge is -2.13. The average molecular weight is 274 g/mol. The summed E-state index contributed by atoms with van der Waals surface area (Å²) in [5.41, 5.74) is 1.06. The topological polar surface area (TPSA) is 29.5 Å². The first-order valence-corrected chi connectivity index (χ1v) is 6.06. The summed E-state index contributed by atoms with van der Waals surface area (Å²) in [4.78, 5) is 16.7. The first-order valence-electron chi connectivity index (χ1n) is 5.31. The molecule has 0 bridgehead atoms. The van der Waals surface area contributed by atoms with Crippen LogP contribution in [0.15, 0.2) is 18.2 Å². The molecule has 5 heteroatoms. The van der Waals surface area contributed by atoms with Crippen molar-refractivity contribution in [2.45, 2.75) is 12.3 Å². The van der Waals surface area contributed by atoms with E-state index in [1.54, 1.807) is 13.1 Å². The maximum atomic E-state index is 11.8. The zero-order valence-corrected chi connectivity index (χ0v) is 11.1. The summed E-state index contributed by atoms with van der Waals surface area (Å²) in [6, 6.07) is 5.51. The summed E-state index contributed by atoms with van der Waals surface area (Å²) in [6.07, 6.45) is 0.838. The van der Waals surface area contributed by atoms with Crippen molar-refractivity contribution in [2.75, 3.05) is 14.2 Å². The van der Waals surface area contributed by atoms with Gasteiger partial charge in [0.15, 0.2) is 0 Å². The second-order valence-electron chi connectivity index (χ2n) is 4.14. The molecule has 0 spiro atoms. The van der Waals surface area contributed by atoms with E-state index in [0.717, 1.165) is 12.0 Å². The van der Waals surface area contributed by atoms with Crippen LogP contribution in [0.3, 0.4) is 0 Å². The Bertz CT molecular complexity index is 450. The molecule has 1 aliphatic carbocycles. The second-order valence-corrected chi connectivity index (χ2v) is 4.95. The van der Waals surface area contributed by atoms with Crippen molar-refractivity contribution in [3.05, 3.63) is 33.8 Å². The smallest absolute Gasteiger partial charge is 0.249 e. The predicted octanol–water partition coefficient (Wildman–Crippen LogP) is 3.12. The zero-order valence-electron chi connectivity index (χ0n) is 9.61.